The minimum absolute atomic E-state index is 0.0115. The first-order valence-electron chi connectivity index (χ1n) is 8.76. The third-order valence-electron chi connectivity index (χ3n) is 5.02. The van der Waals surface area contributed by atoms with E-state index in [0.717, 1.165) is 25.2 Å². The number of benzene rings is 1. The van der Waals surface area contributed by atoms with Gasteiger partial charge in [0.15, 0.2) is 12.4 Å². The van der Waals surface area contributed by atoms with Gasteiger partial charge in [0.25, 0.3) is 5.91 Å². The SMILES string of the molecule is CC(=O)c1ccc(N2CCN(C(=O)COC(=O)[C@H]3C[C@@H]3C)CC2)cc1. The second-order valence-electron chi connectivity index (χ2n) is 6.90. The lowest BCUT2D eigenvalue weighted by Crippen LogP contribution is -2.50. The van der Waals surface area contributed by atoms with Gasteiger partial charge in [-0.2, -0.15) is 0 Å². The van der Waals surface area contributed by atoms with E-state index in [1.165, 1.54) is 0 Å². The largest absolute Gasteiger partial charge is 0.455 e. The van der Waals surface area contributed by atoms with Crippen molar-refractivity contribution in [1.82, 2.24) is 4.90 Å². The molecule has 0 bridgehead atoms. The van der Waals surface area contributed by atoms with Crippen LogP contribution in [-0.2, 0) is 14.3 Å². The summed E-state index contributed by atoms with van der Waals surface area (Å²) in [5.41, 5.74) is 1.75. The first-order chi connectivity index (χ1) is 12.0. The van der Waals surface area contributed by atoms with Crippen molar-refractivity contribution in [2.75, 3.05) is 37.7 Å². The molecule has 1 saturated heterocycles. The average Bonchev–Trinajstić information content (AvgIpc) is 3.36. The van der Waals surface area contributed by atoms with Crippen LogP contribution < -0.4 is 4.90 Å². The zero-order valence-electron chi connectivity index (χ0n) is 14.7. The van der Waals surface area contributed by atoms with Crippen molar-refractivity contribution in [3.05, 3.63) is 29.8 Å². The Balaban J connectivity index is 1.45. The van der Waals surface area contributed by atoms with Crippen LogP contribution in [0.4, 0.5) is 5.69 Å². The average molecular weight is 344 g/mol. The van der Waals surface area contributed by atoms with Gasteiger partial charge in [-0.15, -0.1) is 0 Å². The fourth-order valence-electron chi connectivity index (χ4n) is 3.10. The molecule has 0 radical (unpaired) electrons. The standard InChI is InChI=1S/C19H24N2O4/c1-13-11-17(13)19(24)25-12-18(23)21-9-7-20(8-10-21)16-5-3-15(4-6-16)14(2)22/h3-6,13,17H,7-12H2,1-2H3/t13-,17-/m0/s1. The Kier molecular flexibility index (Phi) is 5.06. The first-order valence-corrected chi connectivity index (χ1v) is 8.76. The number of amides is 1. The van der Waals surface area contributed by atoms with E-state index in [2.05, 4.69) is 4.90 Å². The molecule has 25 heavy (non-hydrogen) atoms. The van der Waals surface area contributed by atoms with E-state index in [4.69, 9.17) is 4.74 Å². The number of carbonyl (C=O) groups is 3. The zero-order chi connectivity index (χ0) is 18.0. The molecule has 0 aromatic heterocycles. The van der Waals surface area contributed by atoms with Gasteiger partial charge >= 0.3 is 5.97 Å². The molecule has 1 aliphatic heterocycles. The Morgan fingerprint density at radius 2 is 1.68 bits per heavy atom. The second-order valence-corrected chi connectivity index (χ2v) is 6.90. The third-order valence-corrected chi connectivity index (χ3v) is 5.02. The molecule has 2 atom stereocenters. The highest BCUT2D eigenvalue weighted by atomic mass is 16.5. The molecule has 1 amide bonds. The molecule has 0 unspecified atom stereocenters. The lowest BCUT2D eigenvalue weighted by atomic mass is 10.1. The van der Waals surface area contributed by atoms with Gasteiger partial charge < -0.3 is 14.5 Å². The van der Waals surface area contributed by atoms with E-state index in [1.54, 1.807) is 11.8 Å². The molecule has 134 valence electrons. The number of Topliss-reactive ketones (excluding diaryl/α,β-unsaturated/α-hetero) is 1. The molecular weight excluding hydrogens is 320 g/mol. The van der Waals surface area contributed by atoms with Crippen molar-refractivity contribution in [3.63, 3.8) is 0 Å². The van der Waals surface area contributed by atoms with Crippen LogP contribution in [0.5, 0.6) is 0 Å². The summed E-state index contributed by atoms with van der Waals surface area (Å²) in [6, 6.07) is 7.53. The Morgan fingerprint density at radius 3 is 2.20 bits per heavy atom. The van der Waals surface area contributed by atoms with Crippen LogP contribution >= 0.6 is 0 Å². The topological polar surface area (TPSA) is 66.9 Å². The number of hydrogen-bond donors (Lipinski definition) is 0. The summed E-state index contributed by atoms with van der Waals surface area (Å²) in [6.45, 7) is 6.05. The third kappa shape index (κ3) is 4.18. The van der Waals surface area contributed by atoms with Crippen molar-refractivity contribution >= 4 is 23.3 Å². The van der Waals surface area contributed by atoms with E-state index < -0.39 is 0 Å². The van der Waals surface area contributed by atoms with Gasteiger partial charge in [0.2, 0.25) is 0 Å². The molecule has 2 aliphatic rings. The molecular formula is C19H24N2O4. The van der Waals surface area contributed by atoms with Gasteiger partial charge in [0, 0.05) is 37.4 Å². The van der Waals surface area contributed by atoms with Crippen molar-refractivity contribution in [3.8, 4) is 0 Å². The van der Waals surface area contributed by atoms with Crippen LogP contribution in [0.3, 0.4) is 0 Å². The quantitative estimate of drug-likeness (QED) is 0.601. The fourth-order valence-corrected chi connectivity index (χ4v) is 3.10. The van der Waals surface area contributed by atoms with Crippen LogP contribution in [-0.4, -0.2) is 55.3 Å². The number of anilines is 1. The Hall–Kier alpha value is -2.37. The predicted molar refractivity (Wildman–Crippen MR) is 93.5 cm³/mol. The lowest BCUT2D eigenvalue weighted by molar-refractivity contribution is -0.153. The molecule has 2 fully saturated rings. The number of rotatable bonds is 5. The highest BCUT2D eigenvalue weighted by Gasteiger charge is 2.40. The maximum absolute atomic E-state index is 12.2. The van der Waals surface area contributed by atoms with E-state index in [1.807, 2.05) is 31.2 Å². The van der Waals surface area contributed by atoms with Crippen LogP contribution in [0.1, 0.15) is 30.6 Å². The molecule has 1 aliphatic carbocycles. The van der Waals surface area contributed by atoms with Crippen molar-refractivity contribution < 1.29 is 19.1 Å². The fraction of sp³-hybridized carbons (Fsp3) is 0.526. The van der Waals surface area contributed by atoms with Gasteiger partial charge in [0.05, 0.1) is 5.92 Å². The van der Waals surface area contributed by atoms with Gasteiger partial charge in [-0.3, -0.25) is 14.4 Å². The highest BCUT2D eigenvalue weighted by Crippen LogP contribution is 2.38. The maximum atomic E-state index is 12.2. The summed E-state index contributed by atoms with van der Waals surface area (Å²) in [5, 5.41) is 0. The molecule has 1 heterocycles. The predicted octanol–water partition coefficient (Wildman–Crippen LogP) is 1.74. The van der Waals surface area contributed by atoms with Crippen LogP contribution in [0.25, 0.3) is 0 Å². The second kappa shape index (κ2) is 7.25. The number of esters is 1. The van der Waals surface area contributed by atoms with Gasteiger partial charge in [0.1, 0.15) is 0 Å². The van der Waals surface area contributed by atoms with E-state index in [0.29, 0.717) is 24.6 Å². The lowest BCUT2D eigenvalue weighted by Gasteiger charge is -2.36. The molecule has 1 aromatic rings. The normalized spacial score (nSPS) is 22.5. The minimum Gasteiger partial charge on any atom is -0.455 e. The summed E-state index contributed by atoms with van der Waals surface area (Å²) in [6.07, 6.45) is 0.869. The molecule has 0 spiro atoms. The molecule has 0 N–H and O–H groups in total. The summed E-state index contributed by atoms with van der Waals surface area (Å²) in [4.78, 5) is 39.1. The number of ketones is 1. The van der Waals surface area contributed by atoms with Gasteiger partial charge in [-0.1, -0.05) is 6.92 Å². The number of ether oxygens (including phenoxy) is 1. The monoisotopic (exact) mass is 344 g/mol. The molecule has 1 saturated carbocycles. The zero-order valence-corrected chi connectivity index (χ0v) is 14.7. The summed E-state index contributed by atoms with van der Waals surface area (Å²) in [7, 11) is 0. The van der Waals surface area contributed by atoms with Crippen LogP contribution in [0.2, 0.25) is 0 Å². The molecule has 6 nitrogen and oxygen atoms in total. The summed E-state index contributed by atoms with van der Waals surface area (Å²) in [5.74, 6) is 0.0542. The van der Waals surface area contributed by atoms with Crippen molar-refractivity contribution in [2.45, 2.75) is 20.3 Å². The first kappa shape index (κ1) is 17.5. The van der Waals surface area contributed by atoms with Crippen molar-refractivity contribution in [1.29, 1.82) is 0 Å². The Labute approximate surface area is 147 Å². The van der Waals surface area contributed by atoms with E-state index in [-0.39, 0.29) is 30.2 Å². The van der Waals surface area contributed by atoms with E-state index in [9.17, 15) is 14.4 Å². The smallest absolute Gasteiger partial charge is 0.309 e. The van der Waals surface area contributed by atoms with Crippen LogP contribution in [0, 0.1) is 11.8 Å². The van der Waals surface area contributed by atoms with Gasteiger partial charge in [-0.05, 0) is 43.5 Å². The minimum atomic E-state index is -0.245. The van der Waals surface area contributed by atoms with Crippen molar-refractivity contribution in [2.24, 2.45) is 11.8 Å². The van der Waals surface area contributed by atoms with Crippen LogP contribution in [0.15, 0.2) is 24.3 Å². The van der Waals surface area contributed by atoms with Gasteiger partial charge in [-0.25, -0.2) is 0 Å². The summed E-state index contributed by atoms with van der Waals surface area (Å²) >= 11 is 0. The summed E-state index contributed by atoms with van der Waals surface area (Å²) < 4.78 is 5.12. The molecule has 3 rings (SSSR count). The number of hydrogen-bond acceptors (Lipinski definition) is 5. The van der Waals surface area contributed by atoms with E-state index >= 15 is 0 Å². The number of carbonyl (C=O) groups excluding carboxylic acids is 3. The number of nitrogens with zero attached hydrogens (tertiary/aromatic N) is 2. The highest BCUT2D eigenvalue weighted by molar-refractivity contribution is 5.94. The number of piperazine rings is 1. The molecule has 1 aromatic carbocycles. The molecule has 6 heteroatoms. The maximum Gasteiger partial charge on any atom is 0.309 e. The Bertz CT molecular complexity index is 663. The Morgan fingerprint density at radius 1 is 1.08 bits per heavy atom.